The molecular formula is C14H15N2O3-. The first-order valence-corrected chi connectivity index (χ1v) is 6.15. The van der Waals surface area contributed by atoms with Gasteiger partial charge in [0.2, 0.25) is 5.91 Å². The smallest absolute Gasteiger partial charge is 0.246 e. The fourth-order valence-corrected chi connectivity index (χ4v) is 2.07. The minimum atomic E-state index is -1.35. The van der Waals surface area contributed by atoms with E-state index in [4.69, 9.17) is 0 Å². The fraction of sp³-hybridized carbons (Fsp3) is 0.286. The molecule has 1 aromatic carbocycles. The molecule has 0 radical (unpaired) electrons. The van der Waals surface area contributed by atoms with E-state index in [9.17, 15) is 14.7 Å². The zero-order chi connectivity index (χ0) is 13.7. The van der Waals surface area contributed by atoms with Gasteiger partial charge in [-0.15, -0.1) is 0 Å². The number of para-hydroxylation sites is 1. The maximum absolute atomic E-state index is 11.7. The number of hydrogen-bond acceptors (Lipinski definition) is 4. The van der Waals surface area contributed by atoms with Gasteiger partial charge in [-0.25, -0.2) is 0 Å². The Kier molecular flexibility index (Phi) is 4.18. The molecule has 1 aliphatic rings. The molecule has 19 heavy (non-hydrogen) atoms. The monoisotopic (exact) mass is 259 g/mol. The SMILES string of the molecule is O=C([O-])C=CC(=O)N1CCN(c2ccccc2)CC1. The van der Waals surface area contributed by atoms with E-state index in [0.29, 0.717) is 13.1 Å². The molecule has 0 saturated carbocycles. The number of aliphatic carboxylic acids is 1. The molecule has 2 rings (SSSR count). The lowest BCUT2D eigenvalue weighted by Crippen LogP contribution is -2.48. The number of piperazine rings is 1. The van der Waals surface area contributed by atoms with Gasteiger partial charge in [-0.3, -0.25) is 4.79 Å². The van der Waals surface area contributed by atoms with Gasteiger partial charge >= 0.3 is 0 Å². The van der Waals surface area contributed by atoms with Crippen LogP contribution in [-0.4, -0.2) is 43.0 Å². The Hall–Kier alpha value is -2.30. The first-order chi connectivity index (χ1) is 9.16. The number of nitrogens with zero attached hydrogens (tertiary/aromatic N) is 2. The summed E-state index contributed by atoms with van der Waals surface area (Å²) in [5, 5.41) is 10.2. The Balaban J connectivity index is 1.89. The molecule has 0 N–H and O–H groups in total. The van der Waals surface area contributed by atoms with E-state index < -0.39 is 5.97 Å². The van der Waals surface area contributed by atoms with Crippen molar-refractivity contribution < 1.29 is 14.7 Å². The Labute approximate surface area is 111 Å². The van der Waals surface area contributed by atoms with E-state index in [2.05, 4.69) is 4.90 Å². The Bertz CT molecular complexity index is 477. The van der Waals surface area contributed by atoms with Crippen molar-refractivity contribution in [2.45, 2.75) is 0 Å². The topological polar surface area (TPSA) is 63.7 Å². The molecule has 5 nitrogen and oxygen atoms in total. The summed E-state index contributed by atoms with van der Waals surface area (Å²) in [5.41, 5.74) is 1.14. The van der Waals surface area contributed by atoms with Crippen LogP contribution in [0.1, 0.15) is 0 Å². The van der Waals surface area contributed by atoms with Crippen LogP contribution in [0.2, 0.25) is 0 Å². The van der Waals surface area contributed by atoms with E-state index in [-0.39, 0.29) is 5.91 Å². The van der Waals surface area contributed by atoms with Gasteiger partial charge in [-0.05, 0) is 18.2 Å². The normalized spacial score (nSPS) is 15.8. The lowest BCUT2D eigenvalue weighted by molar-refractivity contribution is -0.297. The first kappa shape index (κ1) is 13.1. The largest absolute Gasteiger partial charge is 0.545 e. The van der Waals surface area contributed by atoms with Gasteiger partial charge in [-0.2, -0.15) is 0 Å². The van der Waals surface area contributed by atoms with Crippen molar-refractivity contribution in [3.05, 3.63) is 42.5 Å². The molecule has 0 bridgehead atoms. The number of carbonyl (C=O) groups is 2. The number of anilines is 1. The summed E-state index contributed by atoms with van der Waals surface area (Å²) in [6.45, 7) is 2.67. The van der Waals surface area contributed by atoms with Gasteiger partial charge in [-0.1, -0.05) is 18.2 Å². The average molecular weight is 259 g/mol. The summed E-state index contributed by atoms with van der Waals surface area (Å²) in [5.74, 6) is -1.63. The van der Waals surface area contributed by atoms with Gasteiger partial charge < -0.3 is 19.7 Å². The second-order valence-electron chi connectivity index (χ2n) is 4.30. The third-order valence-electron chi connectivity index (χ3n) is 3.07. The molecule has 0 aliphatic carbocycles. The molecule has 1 saturated heterocycles. The van der Waals surface area contributed by atoms with Crippen LogP contribution >= 0.6 is 0 Å². The van der Waals surface area contributed by atoms with Crippen molar-refractivity contribution in [1.82, 2.24) is 4.90 Å². The van der Waals surface area contributed by atoms with Gasteiger partial charge in [0.1, 0.15) is 0 Å². The molecule has 1 fully saturated rings. The zero-order valence-corrected chi connectivity index (χ0v) is 10.5. The van der Waals surface area contributed by atoms with Crippen LogP contribution < -0.4 is 10.0 Å². The van der Waals surface area contributed by atoms with Crippen LogP contribution in [0.25, 0.3) is 0 Å². The number of benzene rings is 1. The van der Waals surface area contributed by atoms with Crippen molar-refractivity contribution in [3.63, 3.8) is 0 Å². The first-order valence-electron chi connectivity index (χ1n) is 6.15. The highest BCUT2D eigenvalue weighted by molar-refractivity contribution is 5.93. The molecule has 1 amide bonds. The number of hydrogen-bond donors (Lipinski definition) is 0. The fourth-order valence-electron chi connectivity index (χ4n) is 2.07. The highest BCUT2D eigenvalue weighted by atomic mass is 16.4. The van der Waals surface area contributed by atoms with Crippen molar-refractivity contribution in [1.29, 1.82) is 0 Å². The summed E-state index contributed by atoms with van der Waals surface area (Å²) in [6, 6.07) is 10.00. The van der Waals surface area contributed by atoms with Gasteiger partial charge in [0, 0.05) is 37.9 Å². The quantitative estimate of drug-likeness (QED) is 0.695. The van der Waals surface area contributed by atoms with E-state index in [1.54, 1.807) is 4.90 Å². The molecule has 0 aromatic heterocycles. The van der Waals surface area contributed by atoms with E-state index in [0.717, 1.165) is 30.9 Å². The van der Waals surface area contributed by atoms with Gasteiger partial charge in [0.15, 0.2) is 0 Å². The highest BCUT2D eigenvalue weighted by Gasteiger charge is 2.19. The number of rotatable bonds is 3. The summed E-state index contributed by atoms with van der Waals surface area (Å²) in [7, 11) is 0. The number of carbonyl (C=O) groups excluding carboxylic acids is 2. The lowest BCUT2D eigenvalue weighted by atomic mass is 10.2. The summed E-state index contributed by atoms with van der Waals surface area (Å²) >= 11 is 0. The summed E-state index contributed by atoms with van der Waals surface area (Å²) in [4.78, 5) is 25.8. The minimum Gasteiger partial charge on any atom is -0.545 e. The number of carboxylic acid groups (broad SMARTS) is 1. The number of amides is 1. The van der Waals surface area contributed by atoms with Crippen molar-refractivity contribution >= 4 is 17.6 Å². The molecule has 5 heteroatoms. The predicted octanol–water partition coefficient (Wildman–Crippen LogP) is -0.359. The summed E-state index contributed by atoms with van der Waals surface area (Å²) in [6.07, 6.45) is 1.82. The highest BCUT2D eigenvalue weighted by Crippen LogP contribution is 2.15. The Morgan fingerprint density at radius 2 is 1.63 bits per heavy atom. The van der Waals surface area contributed by atoms with Gasteiger partial charge in [0.05, 0.1) is 5.97 Å². The zero-order valence-electron chi connectivity index (χ0n) is 10.5. The van der Waals surface area contributed by atoms with Crippen LogP contribution in [0.3, 0.4) is 0 Å². The second kappa shape index (κ2) is 6.04. The van der Waals surface area contributed by atoms with Crippen LogP contribution in [0.15, 0.2) is 42.5 Å². The molecule has 1 aliphatic heterocycles. The maximum atomic E-state index is 11.7. The summed E-state index contributed by atoms with van der Waals surface area (Å²) < 4.78 is 0. The van der Waals surface area contributed by atoms with Crippen LogP contribution in [0, 0.1) is 0 Å². The van der Waals surface area contributed by atoms with Crippen LogP contribution in [0.4, 0.5) is 5.69 Å². The Morgan fingerprint density at radius 1 is 1.00 bits per heavy atom. The van der Waals surface area contributed by atoms with E-state index in [1.165, 1.54) is 0 Å². The molecule has 100 valence electrons. The molecule has 0 atom stereocenters. The van der Waals surface area contributed by atoms with E-state index in [1.807, 2.05) is 30.3 Å². The third-order valence-corrected chi connectivity index (χ3v) is 3.07. The molecule has 1 heterocycles. The van der Waals surface area contributed by atoms with Gasteiger partial charge in [0.25, 0.3) is 0 Å². The lowest BCUT2D eigenvalue weighted by Gasteiger charge is -2.35. The standard InChI is InChI=1S/C14H16N2O3/c17-13(6-7-14(18)19)16-10-8-15(9-11-16)12-4-2-1-3-5-12/h1-7H,8-11H2,(H,18,19)/p-1. The van der Waals surface area contributed by atoms with Crippen molar-refractivity contribution in [3.8, 4) is 0 Å². The average Bonchev–Trinajstić information content (AvgIpc) is 2.46. The Morgan fingerprint density at radius 3 is 2.21 bits per heavy atom. The second-order valence-corrected chi connectivity index (χ2v) is 4.30. The van der Waals surface area contributed by atoms with Crippen molar-refractivity contribution in [2.75, 3.05) is 31.1 Å². The maximum Gasteiger partial charge on any atom is 0.246 e. The molecular weight excluding hydrogens is 244 g/mol. The van der Waals surface area contributed by atoms with Crippen LogP contribution in [0.5, 0.6) is 0 Å². The molecule has 0 spiro atoms. The molecule has 0 unspecified atom stereocenters. The van der Waals surface area contributed by atoms with Crippen LogP contribution in [-0.2, 0) is 9.59 Å². The van der Waals surface area contributed by atoms with E-state index >= 15 is 0 Å². The predicted molar refractivity (Wildman–Crippen MR) is 69.4 cm³/mol. The number of carboxylic acids is 1. The minimum absolute atomic E-state index is 0.281. The third kappa shape index (κ3) is 3.58. The molecule has 1 aromatic rings. The van der Waals surface area contributed by atoms with Crippen molar-refractivity contribution in [2.24, 2.45) is 0 Å².